The molecule has 0 radical (unpaired) electrons. The smallest absolute Gasteiger partial charge is 0.145 e. The number of fused-ring (bicyclic) bond motifs is 6. The van der Waals surface area contributed by atoms with Gasteiger partial charge in [-0.05, 0) is 103 Å². The lowest BCUT2D eigenvalue weighted by Crippen LogP contribution is -2.11. The fourth-order valence-electron chi connectivity index (χ4n) is 8.09. The van der Waals surface area contributed by atoms with Crippen LogP contribution in [0.3, 0.4) is 0 Å². The lowest BCUT2D eigenvalue weighted by molar-refractivity contribution is 0.670. The van der Waals surface area contributed by atoms with Crippen LogP contribution in [0.25, 0.3) is 71.7 Å². The van der Waals surface area contributed by atoms with Crippen molar-refractivity contribution in [3.05, 3.63) is 193 Å². The first-order valence-electron chi connectivity index (χ1n) is 18.2. The molecule has 10 rings (SSSR count). The Labute approximate surface area is 308 Å². The van der Waals surface area contributed by atoms with Crippen molar-refractivity contribution in [2.24, 2.45) is 0 Å². The molecule has 0 atom stereocenters. The zero-order valence-electron chi connectivity index (χ0n) is 29.6. The van der Waals surface area contributed by atoms with Crippen LogP contribution >= 0.6 is 0 Å². The van der Waals surface area contributed by atoms with Crippen LogP contribution in [-0.4, -0.2) is 4.57 Å². The second-order valence-electron chi connectivity index (χ2n) is 13.9. The van der Waals surface area contributed by atoms with E-state index in [1.807, 2.05) is 0 Å². The molecule has 3 heteroatoms. The van der Waals surface area contributed by atoms with Crippen LogP contribution in [0.1, 0.15) is 11.1 Å². The average Bonchev–Trinajstić information content (AvgIpc) is 3.76. The highest BCUT2D eigenvalue weighted by Crippen LogP contribution is 2.47. The highest BCUT2D eigenvalue weighted by molar-refractivity contribution is 6.17. The Balaban J connectivity index is 1.19. The summed E-state index contributed by atoms with van der Waals surface area (Å²) in [6.45, 7) is 4.34. The molecular formula is C50H36N2O. The maximum atomic E-state index is 6.86. The number of aromatic nitrogens is 1. The molecule has 0 aliphatic rings. The third-order valence-electron chi connectivity index (χ3n) is 10.6. The van der Waals surface area contributed by atoms with E-state index in [-0.39, 0.29) is 0 Å². The van der Waals surface area contributed by atoms with Crippen molar-refractivity contribution in [3.63, 3.8) is 0 Å². The van der Waals surface area contributed by atoms with Crippen molar-refractivity contribution < 1.29 is 4.42 Å². The van der Waals surface area contributed by atoms with Gasteiger partial charge in [-0.15, -0.1) is 0 Å². The summed E-state index contributed by atoms with van der Waals surface area (Å²) in [6, 6.07) is 65.3. The van der Waals surface area contributed by atoms with E-state index in [1.165, 1.54) is 44.1 Å². The van der Waals surface area contributed by atoms with Crippen molar-refractivity contribution >= 4 is 60.8 Å². The predicted molar refractivity (Wildman–Crippen MR) is 223 cm³/mol. The molecule has 0 saturated carbocycles. The zero-order valence-corrected chi connectivity index (χ0v) is 29.6. The Morgan fingerprint density at radius 1 is 0.472 bits per heavy atom. The van der Waals surface area contributed by atoms with Gasteiger partial charge < -0.3 is 13.9 Å². The molecule has 0 amide bonds. The van der Waals surface area contributed by atoms with Gasteiger partial charge in [0.25, 0.3) is 0 Å². The van der Waals surface area contributed by atoms with Crippen molar-refractivity contribution in [2.45, 2.75) is 13.8 Å². The minimum atomic E-state index is 0.870. The minimum Gasteiger partial charge on any atom is -0.455 e. The number of hydrogen-bond donors (Lipinski definition) is 0. The van der Waals surface area contributed by atoms with Gasteiger partial charge in [-0.1, -0.05) is 121 Å². The molecule has 0 N–H and O–H groups in total. The molecule has 0 aliphatic heterocycles. The first kappa shape index (κ1) is 30.9. The molecule has 0 fully saturated rings. The Morgan fingerprint density at radius 2 is 1.09 bits per heavy atom. The van der Waals surface area contributed by atoms with Gasteiger partial charge in [-0.3, -0.25) is 0 Å². The second kappa shape index (κ2) is 12.4. The van der Waals surface area contributed by atoms with Crippen LogP contribution < -0.4 is 4.90 Å². The monoisotopic (exact) mass is 680 g/mol. The van der Waals surface area contributed by atoms with Gasteiger partial charge in [-0.25, -0.2) is 0 Å². The SMILES string of the molecule is Cc1ccc(N(c2ccc(-c3ccccc3)c(C)c2)c2ccc(-c3cccc(-n4c5ccccc5c5ccccc54)c3)c3oc4ccccc4c23)cc1. The average molecular weight is 681 g/mol. The van der Waals surface area contributed by atoms with Gasteiger partial charge in [0.15, 0.2) is 0 Å². The van der Waals surface area contributed by atoms with Gasteiger partial charge in [-0.2, -0.15) is 0 Å². The van der Waals surface area contributed by atoms with Gasteiger partial charge in [0, 0.05) is 38.8 Å². The van der Waals surface area contributed by atoms with Crippen LogP contribution in [0.4, 0.5) is 17.1 Å². The van der Waals surface area contributed by atoms with Gasteiger partial charge in [0.1, 0.15) is 11.2 Å². The summed E-state index contributed by atoms with van der Waals surface area (Å²) in [6.07, 6.45) is 0. The van der Waals surface area contributed by atoms with Crippen LogP contribution in [0, 0.1) is 13.8 Å². The minimum absolute atomic E-state index is 0.870. The molecule has 252 valence electrons. The summed E-state index contributed by atoms with van der Waals surface area (Å²) in [7, 11) is 0. The molecule has 2 aromatic heterocycles. The summed E-state index contributed by atoms with van der Waals surface area (Å²) in [5, 5.41) is 4.68. The van der Waals surface area contributed by atoms with Gasteiger partial charge >= 0.3 is 0 Å². The summed E-state index contributed by atoms with van der Waals surface area (Å²) in [5.74, 6) is 0. The molecule has 3 nitrogen and oxygen atoms in total. The number of benzene rings is 8. The van der Waals surface area contributed by atoms with E-state index in [9.17, 15) is 0 Å². The molecule has 0 unspecified atom stereocenters. The first-order chi connectivity index (χ1) is 26.1. The fraction of sp³-hybridized carbons (Fsp3) is 0.0400. The molecule has 8 aromatic carbocycles. The largest absolute Gasteiger partial charge is 0.455 e. The molecule has 0 saturated heterocycles. The number of rotatable bonds is 6. The zero-order chi connectivity index (χ0) is 35.5. The standard InChI is InChI=1S/C50H36N2O/c1-33-23-25-37(26-24-33)51(39-27-28-40(34(2)31-39)35-13-4-3-5-14-35)47-30-29-41(50-49(47)44-19-8-11-22-48(44)53-50)36-15-12-16-38(32-36)52-45-20-9-6-17-42(45)43-18-7-10-21-46(43)52/h3-32H,1-2H3. The molecule has 0 aliphatic carbocycles. The highest BCUT2D eigenvalue weighted by Gasteiger charge is 2.23. The number of anilines is 3. The molecule has 0 spiro atoms. The summed E-state index contributed by atoms with van der Waals surface area (Å²) >= 11 is 0. The summed E-state index contributed by atoms with van der Waals surface area (Å²) < 4.78 is 9.23. The van der Waals surface area contributed by atoms with E-state index in [4.69, 9.17) is 4.42 Å². The molecular weight excluding hydrogens is 645 g/mol. The van der Waals surface area contributed by atoms with Gasteiger partial charge in [0.2, 0.25) is 0 Å². The molecule has 0 bridgehead atoms. The fourth-order valence-corrected chi connectivity index (χ4v) is 8.09. The van der Waals surface area contributed by atoms with E-state index in [0.717, 1.165) is 55.8 Å². The van der Waals surface area contributed by atoms with Crippen LogP contribution in [0.5, 0.6) is 0 Å². The summed E-state index contributed by atoms with van der Waals surface area (Å²) in [5.41, 5.74) is 15.6. The maximum Gasteiger partial charge on any atom is 0.145 e. The third-order valence-corrected chi connectivity index (χ3v) is 10.6. The highest BCUT2D eigenvalue weighted by atomic mass is 16.3. The van der Waals surface area contributed by atoms with Gasteiger partial charge in [0.05, 0.1) is 22.1 Å². The maximum absolute atomic E-state index is 6.86. The third kappa shape index (κ3) is 5.12. The lowest BCUT2D eigenvalue weighted by atomic mass is 9.97. The first-order valence-corrected chi connectivity index (χ1v) is 18.2. The predicted octanol–water partition coefficient (Wildman–Crippen LogP) is 14.1. The van der Waals surface area contributed by atoms with E-state index in [2.05, 4.69) is 205 Å². The number of furan rings is 1. The van der Waals surface area contributed by atoms with E-state index in [0.29, 0.717) is 0 Å². The van der Waals surface area contributed by atoms with Crippen LogP contribution in [-0.2, 0) is 0 Å². The Hall–Kier alpha value is -6.84. The Bertz CT molecular complexity index is 2910. The molecule has 53 heavy (non-hydrogen) atoms. The topological polar surface area (TPSA) is 21.3 Å². The quantitative estimate of drug-likeness (QED) is 0.174. The number of hydrogen-bond acceptors (Lipinski definition) is 2. The van der Waals surface area contributed by atoms with E-state index in [1.54, 1.807) is 0 Å². The second-order valence-corrected chi connectivity index (χ2v) is 13.9. The normalized spacial score (nSPS) is 11.6. The van der Waals surface area contributed by atoms with Crippen molar-refractivity contribution in [3.8, 4) is 27.9 Å². The number of aryl methyl sites for hydroxylation is 2. The van der Waals surface area contributed by atoms with Crippen LogP contribution in [0.2, 0.25) is 0 Å². The number of para-hydroxylation sites is 3. The Kier molecular flexibility index (Phi) is 7.26. The van der Waals surface area contributed by atoms with E-state index >= 15 is 0 Å². The van der Waals surface area contributed by atoms with Crippen molar-refractivity contribution in [2.75, 3.05) is 4.90 Å². The molecule has 2 heterocycles. The lowest BCUT2D eigenvalue weighted by Gasteiger charge is -2.27. The Morgan fingerprint density at radius 3 is 1.83 bits per heavy atom. The van der Waals surface area contributed by atoms with Crippen molar-refractivity contribution in [1.29, 1.82) is 0 Å². The summed E-state index contributed by atoms with van der Waals surface area (Å²) in [4.78, 5) is 2.38. The molecule has 10 aromatic rings. The number of nitrogens with zero attached hydrogens (tertiary/aromatic N) is 2. The van der Waals surface area contributed by atoms with Crippen LogP contribution in [0.15, 0.2) is 186 Å². The van der Waals surface area contributed by atoms with Crippen molar-refractivity contribution in [1.82, 2.24) is 4.57 Å². The van der Waals surface area contributed by atoms with E-state index < -0.39 is 0 Å².